The number of fused-ring (bicyclic) bond motifs is 1. The van der Waals surface area contributed by atoms with Gasteiger partial charge in [-0.05, 0) is 42.5 Å². The minimum Gasteiger partial charge on any atom is -0.483 e. The highest BCUT2D eigenvalue weighted by atomic mass is 16.5. The van der Waals surface area contributed by atoms with Gasteiger partial charge in [-0.2, -0.15) is 0 Å². The van der Waals surface area contributed by atoms with Crippen LogP contribution in [-0.4, -0.2) is 30.4 Å². The van der Waals surface area contributed by atoms with Crippen LogP contribution in [0.5, 0.6) is 5.75 Å². The van der Waals surface area contributed by atoms with E-state index in [0.717, 1.165) is 19.3 Å². The maximum Gasteiger partial charge on any atom is 0.260 e. The zero-order chi connectivity index (χ0) is 17.8. The Kier molecular flexibility index (Phi) is 5.03. The highest BCUT2D eigenvalue weighted by molar-refractivity contribution is 5.95. The average molecular weight is 338 g/mol. The molecule has 0 heterocycles. The third-order valence-corrected chi connectivity index (χ3v) is 4.70. The smallest absolute Gasteiger partial charge is 0.260 e. The second-order valence-electron chi connectivity index (χ2n) is 6.26. The Balaban J connectivity index is 1.69. The molecule has 2 N–H and O–H groups in total. The SMILES string of the molecule is CN(C(=O)COc1ccccc1C(N)=O)[C@H]1CCCc2ccccc21. The van der Waals surface area contributed by atoms with Crippen LogP contribution < -0.4 is 10.5 Å². The molecule has 1 aliphatic rings. The summed E-state index contributed by atoms with van der Waals surface area (Å²) >= 11 is 0. The van der Waals surface area contributed by atoms with Gasteiger partial charge >= 0.3 is 0 Å². The molecule has 130 valence electrons. The molecule has 5 heteroatoms. The number of likely N-dealkylation sites (N-methyl/N-ethyl adjacent to an activating group) is 1. The molecule has 0 bridgehead atoms. The largest absolute Gasteiger partial charge is 0.483 e. The fourth-order valence-electron chi connectivity index (χ4n) is 3.34. The van der Waals surface area contributed by atoms with E-state index in [2.05, 4.69) is 12.1 Å². The zero-order valence-corrected chi connectivity index (χ0v) is 14.3. The summed E-state index contributed by atoms with van der Waals surface area (Å²) in [6, 6.07) is 15.0. The van der Waals surface area contributed by atoms with Crippen molar-refractivity contribution in [3.63, 3.8) is 0 Å². The first-order chi connectivity index (χ1) is 12.1. The van der Waals surface area contributed by atoms with E-state index in [1.165, 1.54) is 11.1 Å². The summed E-state index contributed by atoms with van der Waals surface area (Å²) in [4.78, 5) is 25.8. The summed E-state index contributed by atoms with van der Waals surface area (Å²) in [5, 5.41) is 0. The van der Waals surface area contributed by atoms with E-state index in [4.69, 9.17) is 10.5 Å². The molecule has 0 aromatic heterocycles. The maximum absolute atomic E-state index is 12.6. The minimum atomic E-state index is -0.572. The number of nitrogens with zero attached hydrogens (tertiary/aromatic N) is 1. The molecular formula is C20H22N2O3. The van der Waals surface area contributed by atoms with Gasteiger partial charge < -0.3 is 15.4 Å². The molecule has 2 aromatic carbocycles. The van der Waals surface area contributed by atoms with Crippen LogP contribution >= 0.6 is 0 Å². The fraction of sp³-hybridized carbons (Fsp3) is 0.300. The minimum absolute atomic E-state index is 0.0624. The van der Waals surface area contributed by atoms with Crippen molar-refractivity contribution < 1.29 is 14.3 Å². The standard InChI is InChI=1S/C20H22N2O3/c1-22(17-11-6-8-14-7-2-3-9-15(14)17)19(23)13-25-18-12-5-4-10-16(18)20(21)24/h2-5,7,9-10,12,17H,6,8,11,13H2,1H3,(H2,21,24)/t17-/m0/s1. The topological polar surface area (TPSA) is 72.6 Å². The number of aryl methyl sites for hydroxylation is 1. The van der Waals surface area contributed by atoms with Crippen LogP contribution in [0.2, 0.25) is 0 Å². The van der Waals surface area contributed by atoms with E-state index in [0.29, 0.717) is 5.75 Å². The van der Waals surface area contributed by atoms with Crippen molar-refractivity contribution >= 4 is 11.8 Å². The van der Waals surface area contributed by atoms with Gasteiger partial charge in [0.2, 0.25) is 0 Å². The summed E-state index contributed by atoms with van der Waals surface area (Å²) in [6.45, 7) is -0.126. The number of hydrogen-bond donors (Lipinski definition) is 1. The van der Waals surface area contributed by atoms with Crippen LogP contribution in [0.25, 0.3) is 0 Å². The molecule has 1 aliphatic carbocycles. The molecule has 2 amide bonds. The van der Waals surface area contributed by atoms with Gasteiger partial charge in [0.15, 0.2) is 6.61 Å². The second-order valence-corrected chi connectivity index (χ2v) is 6.26. The van der Waals surface area contributed by atoms with E-state index in [1.807, 2.05) is 12.1 Å². The van der Waals surface area contributed by atoms with E-state index in [9.17, 15) is 9.59 Å². The number of carbonyl (C=O) groups is 2. The highest BCUT2D eigenvalue weighted by Gasteiger charge is 2.26. The maximum atomic E-state index is 12.6. The van der Waals surface area contributed by atoms with Crippen molar-refractivity contribution in [3.05, 3.63) is 65.2 Å². The van der Waals surface area contributed by atoms with Gasteiger partial charge in [0.1, 0.15) is 5.75 Å². The van der Waals surface area contributed by atoms with Crippen molar-refractivity contribution in [3.8, 4) is 5.75 Å². The number of benzene rings is 2. The third-order valence-electron chi connectivity index (χ3n) is 4.70. The summed E-state index contributed by atoms with van der Waals surface area (Å²) < 4.78 is 5.57. The van der Waals surface area contributed by atoms with Crippen molar-refractivity contribution in [2.24, 2.45) is 5.73 Å². The molecule has 2 aromatic rings. The number of para-hydroxylation sites is 1. The number of hydrogen-bond acceptors (Lipinski definition) is 3. The van der Waals surface area contributed by atoms with E-state index >= 15 is 0 Å². The first-order valence-electron chi connectivity index (χ1n) is 8.43. The Bertz CT molecular complexity index is 788. The molecule has 0 radical (unpaired) electrons. The molecule has 0 fully saturated rings. The van der Waals surface area contributed by atoms with Crippen molar-refractivity contribution in [1.29, 1.82) is 0 Å². The lowest BCUT2D eigenvalue weighted by Crippen LogP contribution is -2.36. The van der Waals surface area contributed by atoms with Crippen LogP contribution in [-0.2, 0) is 11.2 Å². The molecule has 0 saturated carbocycles. The molecule has 25 heavy (non-hydrogen) atoms. The molecule has 0 aliphatic heterocycles. The lowest BCUT2D eigenvalue weighted by Gasteiger charge is -2.33. The van der Waals surface area contributed by atoms with Gasteiger partial charge in [0.25, 0.3) is 11.8 Å². The molecule has 0 saturated heterocycles. The Morgan fingerprint density at radius 3 is 2.68 bits per heavy atom. The van der Waals surface area contributed by atoms with Crippen LogP contribution in [0, 0.1) is 0 Å². The van der Waals surface area contributed by atoms with Crippen molar-refractivity contribution in [2.45, 2.75) is 25.3 Å². The molecule has 1 atom stereocenters. The first-order valence-corrected chi connectivity index (χ1v) is 8.43. The first kappa shape index (κ1) is 17.0. The van der Waals surface area contributed by atoms with Crippen LogP contribution in [0.4, 0.5) is 0 Å². The van der Waals surface area contributed by atoms with Gasteiger partial charge in [-0.1, -0.05) is 36.4 Å². The van der Waals surface area contributed by atoms with Crippen LogP contribution in [0.3, 0.4) is 0 Å². The van der Waals surface area contributed by atoms with Crippen molar-refractivity contribution in [2.75, 3.05) is 13.7 Å². The third kappa shape index (κ3) is 3.65. The molecular weight excluding hydrogens is 316 g/mol. The number of ether oxygens (including phenoxy) is 1. The fourth-order valence-corrected chi connectivity index (χ4v) is 3.34. The predicted octanol–water partition coefficient (Wildman–Crippen LogP) is 2.70. The van der Waals surface area contributed by atoms with Gasteiger partial charge in [-0.3, -0.25) is 9.59 Å². The Hall–Kier alpha value is -2.82. The molecule has 5 nitrogen and oxygen atoms in total. The summed E-state index contributed by atoms with van der Waals surface area (Å²) in [5.74, 6) is -0.362. The molecule has 0 unspecified atom stereocenters. The summed E-state index contributed by atoms with van der Waals surface area (Å²) in [5.41, 5.74) is 8.13. The molecule has 3 rings (SSSR count). The molecule has 0 spiro atoms. The lowest BCUT2D eigenvalue weighted by molar-refractivity contribution is -0.134. The monoisotopic (exact) mass is 338 g/mol. The number of amides is 2. The van der Waals surface area contributed by atoms with Gasteiger partial charge in [-0.15, -0.1) is 0 Å². The van der Waals surface area contributed by atoms with E-state index in [1.54, 1.807) is 36.2 Å². The van der Waals surface area contributed by atoms with Crippen molar-refractivity contribution in [1.82, 2.24) is 4.90 Å². The highest BCUT2D eigenvalue weighted by Crippen LogP contribution is 2.33. The number of carbonyl (C=O) groups excluding carboxylic acids is 2. The van der Waals surface area contributed by atoms with Crippen LogP contribution in [0.15, 0.2) is 48.5 Å². The van der Waals surface area contributed by atoms with E-state index < -0.39 is 5.91 Å². The van der Waals surface area contributed by atoms with E-state index in [-0.39, 0.29) is 24.1 Å². The Morgan fingerprint density at radius 1 is 1.16 bits per heavy atom. The Morgan fingerprint density at radius 2 is 1.88 bits per heavy atom. The lowest BCUT2D eigenvalue weighted by atomic mass is 9.87. The Labute approximate surface area is 147 Å². The number of primary amides is 1. The normalized spacial score (nSPS) is 16.0. The number of rotatable bonds is 5. The summed E-state index contributed by atoms with van der Waals surface area (Å²) in [7, 11) is 1.80. The summed E-state index contributed by atoms with van der Waals surface area (Å²) in [6.07, 6.45) is 3.05. The average Bonchev–Trinajstić information content (AvgIpc) is 2.65. The van der Waals surface area contributed by atoms with Gasteiger partial charge in [0, 0.05) is 7.05 Å². The van der Waals surface area contributed by atoms with Crippen LogP contribution in [0.1, 0.15) is 40.4 Å². The quantitative estimate of drug-likeness (QED) is 0.911. The predicted molar refractivity (Wildman–Crippen MR) is 95.3 cm³/mol. The second kappa shape index (κ2) is 7.38. The number of nitrogens with two attached hydrogens (primary N) is 1. The zero-order valence-electron chi connectivity index (χ0n) is 14.3. The van der Waals surface area contributed by atoms with Gasteiger partial charge in [-0.25, -0.2) is 0 Å². The van der Waals surface area contributed by atoms with Gasteiger partial charge in [0.05, 0.1) is 11.6 Å².